The van der Waals surface area contributed by atoms with Crippen molar-refractivity contribution in [2.75, 3.05) is 13.2 Å². The third-order valence-electron chi connectivity index (χ3n) is 4.22. The summed E-state index contributed by atoms with van der Waals surface area (Å²) in [6, 6.07) is 0. The van der Waals surface area contributed by atoms with Crippen molar-refractivity contribution in [3.05, 3.63) is 0 Å². The molecule has 0 spiro atoms. The van der Waals surface area contributed by atoms with Crippen LogP contribution in [0, 0.1) is 17.8 Å². The average Bonchev–Trinajstić information content (AvgIpc) is 2.32. The molecule has 0 radical (unpaired) electrons. The monoisotopic (exact) mass is 256 g/mol. The Morgan fingerprint density at radius 3 is 2.61 bits per heavy atom. The van der Waals surface area contributed by atoms with Gasteiger partial charge in [-0.05, 0) is 49.9 Å². The quantitative estimate of drug-likeness (QED) is 0.665. The summed E-state index contributed by atoms with van der Waals surface area (Å²) in [6.07, 6.45) is 8.15. The molecule has 0 saturated heterocycles. The Balaban J connectivity index is 2.14. The van der Waals surface area contributed by atoms with Crippen LogP contribution in [0.15, 0.2) is 0 Å². The summed E-state index contributed by atoms with van der Waals surface area (Å²) in [5.41, 5.74) is 0. The van der Waals surface area contributed by atoms with Gasteiger partial charge in [0.1, 0.15) is 0 Å². The lowest BCUT2D eigenvalue weighted by atomic mass is 9.76. The molecule has 0 aromatic carbocycles. The Morgan fingerprint density at radius 1 is 1.17 bits per heavy atom. The highest BCUT2D eigenvalue weighted by Crippen LogP contribution is 2.33. The molecule has 0 aliphatic heterocycles. The van der Waals surface area contributed by atoms with E-state index in [9.17, 15) is 5.11 Å². The molecular weight excluding hydrogens is 224 g/mol. The van der Waals surface area contributed by atoms with Crippen LogP contribution in [0.25, 0.3) is 0 Å². The van der Waals surface area contributed by atoms with Gasteiger partial charge in [-0.1, -0.05) is 33.6 Å². The van der Waals surface area contributed by atoms with Crippen molar-refractivity contribution < 1.29 is 9.84 Å². The Kier molecular flexibility index (Phi) is 7.92. The van der Waals surface area contributed by atoms with Crippen molar-refractivity contribution >= 4 is 0 Å². The van der Waals surface area contributed by atoms with Crippen LogP contribution < -0.4 is 0 Å². The molecule has 1 aliphatic rings. The number of rotatable bonds is 8. The molecular formula is C16H32O2. The minimum Gasteiger partial charge on any atom is -0.393 e. The van der Waals surface area contributed by atoms with Crippen molar-refractivity contribution in [3.63, 3.8) is 0 Å². The van der Waals surface area contributed by atoms with Crippen molar-refractivity contribution in [2.45, 2.75) is 71.8 Å². The van der Waals surface area contributed by atoms with Crippen LogP contribution in [0.1, 0.15) is 65.7 Å². The predicted octanol–water partition coefficient (Wildman–Crippen LogP) is 4.02. The van der Waals surface area contributed by atoms with E-state index < -0.39 is 0 Å². The van der Waals surface area contributed by atoms with Crippen LogP contribution in [0.5, 0.6) is 0 Å². The van der Waals surface area contributed by atoms with Crippen molar-refractivity contribution in [1.82, 2.24) is 0 Å². The van der Waals surface area contributed by atoms with Gasteiger partial charge in [0, 0.05) is 13.2 Å². The van der Waals surface area contributed by atoms with E-state index in [1.54, 1.807) is 0 Å². The van der Waals surface area contributed by atoms with Crippen LogP contribution in [-0.4, -0.2) is 24.4 Å². The van der Waals surface area contributed by atoms with E-state index in [4.69, 9.17) is 4.74 Å². The molecule has 0 aromatic heterocycles. The molecule has 3 atom stereocenters. The Hall–Kier alpha value is -0.0800. The summed E-state index contributed by atoms with van der Waals surface area (Å²) < 4.78 is 5.68. The van der Waals surface area contributed by atoms with E-state index in [0.29, 0.717) is 5.92 Å². The molecule has 18 heavy (non-hydrogen) atoms. The largest absolute Gasteiger partial charge is 0.393 e. The predicted molar refractivity (Wildman–Crippen MR) is 76.6 cm³/mol. The summed E-state index contributed by atoms with van der Waals surface area (Å²) in [6.45, 7) is 8.41. The number of hydrogen-bond acceptors (Lipinski definition) is 2. The highest BCUT2D eigenvalue weighted by molar-refractivity contribution is 4.79. The Morgan fingerprint density at radius 2 is 1.94 bits per heavy atom. The Labute approximate surface area is 113 Å². The van der Waals surface area contributed by atoms with Gasteiger partial charge in [-0.15, -0.1) is 0 Å². The average molecular weight is 256 g/mol. The molecule has 0 aromatic rings. The maximum absolute atomic E-state index is 10.0. The molecule has 1 aliphatic carbocycles. The van der Waals surface area contributed by atoms with Crippen LogP contribution in [0.4, 0.5) is 0 Å². The lowest BCUT2D eigenvalue weighted by Gasteiger charge is -2.33. The van der Waals surface area contributed by atoms with Crippen molar-refractivity contribution in [2.24, 2.45) is 17.8 Å². The SMILES string of the molecule is CCCC1CCC(O)C(CCOCCC(C)C)C1. The molecule has 1 rings (SSSR count). The summed E-state index contributed by atoms with van der Waals surface area (Å²) >= 11 is 0. The van der Waals surface area contributed by atoms with E-state index >= 15 is 0 Å². The van der Waals surface area contributed by atoms with Gasteiger partial charge < -0.3 is 9.84 Å². The number of aliphatic hydroxyl groups excluding tert-OH is 1. The molecule has 1 fully saturated rings. The summed E-state index contributed by atoms with van der Waals surface area (Å²) in [5, 5.41) is 10.0. The first-order valence-corrected chi connectivity index (χ1v) is 7.89. The lowest BCUT2D eigenvalue weighted by molar-refractivity contribution is 0.0205. The third kappa shape index (κ3) is 6.19. The zero-order valence-corrected chi connectivity index (χ0v) is 12.5. The lowest BCUT2D eigenvalue weighted by Crippen LogP contribution is -2.30. The Bertz CT molecular complexity index is 203. The van der Waals surface area contributed by atoms with Crippen LogP contribution in [0.3, 0.4) is 0 Å². The number of aliphatic hydroxyl groups is 1. The normalized spacial score (nSPS) is 28.8. The first-order valence-electron chi connectivity index (χ1n) is 7.89. The minimum atomic E-state index is -0.0770. The molecule has 0 heterocycles. The summed E-state index contributed by atoms with van der Waals surface area (Å²) in [7, 11) is 0. The first kappa shape index (κ1) is 16.0. The fourth-order valence-electron chi connectivity index (χ4n) is 2.98. The van der Waals surface area contributed by atoms with E-state index in [2.05, 4.69) is 20.8 Å². The van der Waals surface area contributed by atoms with Crippen molar-refractivity contribution in [1.29, 1.82) is 0 Å². The summed E-state index contributed by atoms with van der Waals surface area (Å²) in [5.74, 6) is 2.05. The zero-order chi connectivity index (χ0) is 13.4. The van der Waals surface area contributed by atoms with Crippen molar-refractivity contribution in [3.8, 4) is 0 Å². The van der Waals surface area contributed by atoms with Crippen LogP contribution in [-0.2, 0) is 4.74 Å². The maximum Gasteiger partial charge on any atom is 0.0569 e. The smallest absolute Gasteiger partial charge is 0.0569 e. The van der Waals surface area contributed by atoms with Crippen LogP contribution >= 0.6 is 0 Å². The zero-order valence-electron chi connectivity index (χ0n) is 12.5. The molecule has 2 nitrogen and oxygen atoms in total. The molecule has 0 bridgehead atoms. The minimum absolute atomic E-state index is 0.0770. The van der Waals surface area contributed by atoms with E-state index in [-0.39, 0.29) is 6.10 Å². The van der Waals surface area contributed by atoms with Gasteiger partial charge >= 0.3 is 0 Å². The highest BCUT2D eigenvalue weighted by atomic mass is 16.5. The van der Waals surface area contributed by atoms with Gasteiger partial charge in [-0.2, -0.15) is 0 Å². The second kappa shape index (κ2) is 8.92. The van der Waals surface area contributed by atoms with E-state index in [1.807, 2.05) is 0 Å². The topological polar surface area (TPSA) is 29.5 Å². The second-order valence-corrected chi connectivity index (χ2v) is 6.38. The summed E-state index contributed by atoms with van der Waals surface area (Å²) in [4.78, 5) is 0. The van der Waals surface area contributed by atoms with Gasteiger partial charge in [-0.3, -0.25) is 0 Å². The van der Waals surface area contributed by atoms with Gasteiger partial charge in [0.05, 0.1) is 6.10 Å². The molecule has 1 N–H and O–H groups in total. The highest BCUT2D eigenvalue weighted by Gasteiger charge is 2.28. The van der Waals surface area contributed by atoms with E-state index in [1.165, 1.54) is 25.7 Å². The third-order valence-corrected chi connectivity index (χ3v) is 4.22. The van der Waals surface area contributed by atoms with Gasteiger partial charge in [0.2, 0.25) is 0 Å². The first-order chi connectivity index (χ1) is 8.63. The molecule has 0 amide bonds. The number of ether oxygens (including phenoxy) is 1. The van der Waals surface area contributed by atoms with Crippen LogP contribution in [0.2, 0.25) is 0 Å². The fourth-order valence-corrected chi connectivity index (χ4v) is 2.98. The van der Waals surface area contributed by atoms with Gasteiger partial charge in [0.25, 0.3) is 0 Å². The molecule has 3 unspecified atom stereocenters. The number of hydrogen-bond donors (Lipinski definition) is 1. The molecule has 1 saturated carbocycles. The maximum atomic E-state index is 10.0. The molecule has 108 valence electrons. The van der Waals surface area contributed by atoms with Gasteiger partial charge in [-0.25, -0.2) is 0 Å². The van der Waals surface area contributed by atoms with Gasteiger partial charge in [0.15, 0.2) is 0 Å². The second-order valence-electron chi connectivity index (χ2n) is 6.38. The fraction of sp³-hybridized carbons (Fsp3) is 1.00. The van der Waals surface area contributed by atoms with E-state index in [0.717, 1.165) is 44.3 Å². The molecule has 2 heteroatoms. The standard InChI is InChI=1S/C16H32O2/c1-4-5-14-6-7-16(17)15(12-14)9-11-18-10-8-13(2)3/h13-17H,4-12H2,1-3H3.